The molecule has 22 heavy (non-hydrogen) atoms. The zero-order valence-corrected chi connectivity index (χ0v) is 11.7. The highest BCUT2D eigenvalue weighted by Gasteiger charge is 2.38. The highest BCUT2D eigenvalue weighted by molar-refractivity contribution is 5.76. The maximum absolute atomic E-state index is 13.1. The average molecular weight is 313 g/mol. The number of carboxylic acids is 1. The molecule has 1 atom stereocenters. The molecule has 1 aromatic heterocycles. The van der Waals surface area contributed by atoms with E-state index in [2.05, 4.69) is 0 Å². The van der Waals surface area contributed by atoms with E-state index < -0.39 is 23.8 Å². The first-order chi connectivity index (χ1) is 10.3. The molecule has 0 radical (unpaired) electrons. The normalized spacial score (nSPS) is 13.3. The lowest BCUT2D eigenvalue weighted by atomic mass is 9.98. The van der Waals surface area contributed by atoms with Crippen molar-refractivity contribution in [3.05, 3.63) is 59.5 Å². The molecule has 4 nitrogen and oxygen atoms in total. The summed E-state index contributed by atoms with van der Waals surface area (Å²) in [5.74, 6) is -0.885. The molecule has 1 heterocycles. The van der Waals surface area contributed by atoms with Crippen molar-refractivity contribution >= 4 is 5.97 Å². The van der Waals surface area contributed by atoms with Gasteiger partial charge in [-0.15, -0.1) is 0 Å². The fourth-order valence-corrected chi connectivity index (χ4v) is 2.29. The molecule has 2 rings (SSSR count). The van der Waals surface area contributed by atoms with Crippen LogP contribution in [-0.4, -0.2) is 23.0 Å². The number of carbonyl (C=O) groups is 1. The van der Waals surface area contributed by atoms with Crippen molar-refractivity contribution in [2.45, 2.75) is 18.8 Å². The molecule has 1 aromatic carbocycles. The van der Waals surface area contributed by atoms with E-state index in [-0.39, 0.29) is 12.1 Å². The molecule has 0 aliphatic heterocycles. The average Bonchev–Trinajstić information content (AvgIpc) is 2.90. The Morgan fingerprint density at radius 3 is 2.50 bits per heavy atom. The summed E-state index contributed by atoms with van der Waals surface area (Å²) in [5, 5.41) is 9.38. The lowest BCUT2D eigenvalue weighted by Crippen LogP contribution is -2.32. The third-order valence-electron chi connectivity index (χ3n) is 3.22. The molecule has 1 unspecified atom stereocenters. The fraction of sp³-hybridized carbons (Fsp3) is 0.267. The minimum Gasteiger partial charge on any atom is -0.480 e. The molecule has 0 aliphatic rings. The Kier molecular flexibility index (Phi) is 4.56. The van der Waals surface area contributed by atoms with Gasteiger partial charge in [-0.2, -0.15) is 13.2 Å². The van der Waals surface area contributed by atoms with Crippen LogP contribution in [0, 0.1) is 0 Å². The largest absolute Gasteiger partial charge is 0.480 e. The number of alkyl halides is 3. The van der Waals surface area contributed by atoms with E-state index in [0.717, 1.165) is 6.07 Å². The highest BCUT2D eigenvalue weighted by atomic mass is 19.4. The van der Waals surface area contributed by atoms with Crippen molar-refractivity contribution in [2.24, 2.45) is 0 Å². The van der Waals surface area contributed by atoms with Crippen LogP contribution in [-0.2, 0) is 17.5 Å². The van der Waals surface area contributed by atoms with Crippen molar-refractivity contribution in [3.8, 4) is 0 Å². The zero-order valence-electron chi connectivity index (χ0n) is 11.7. The highest BCUT2D eigenvalue weighted by Crippen LogP contribution is 2.36. The van der Waals surface area contributed by atoms with Gasteiger partial charge in [0.15, 0.2) is 0 Å². The van der Waals surface area contributed by atoms with Gasteiger partial charge >= 0.3 is 12.1 Å². The SMILES string of the molecule is CN(Cc1ccco1)C(C(=O)O)c1ccccc1C(F)(F)F. The molecule has 0 spiro atoms. The van der Waals surface area contributed by atoms with Gasteiger partial charge in [-0.25, -0.2) is 0 Å². The van der Waals surface area contributed by atoms with Gasteiger partial charge in [-0.1, -0.05) is 18.2 Å². The number of halogens is 3. The number of aliphatic carboxylic acids is 1. The first-order valence-corrected chi connectivity index (χ1v) is 6.42. The number of likely N-dealkylation sites (N-methyl/N-ethyl adjacent to an activating group) is 1. The topological polar surface area (TPSA) is 53.7 Å². The summed E-state index contributed by atoms with van der Waals surface area (Å²) < 4.78 is 44.4. The minimum absolute atomic E-state index is 0.0795. The maximum Gasteiger partial charge on any atom is 0.416 e. The number of furan rings is 1. The first kappa shape index (κ1) is 16.1. The van der Waals surface area contributed by atoms with E-state index >= 15 is 0 Å². The molecular weight excluding hydrogens is 299 g/mol. The number of hydrogen-bond donors (Lipinski definition) is 1. The van der Waals surface area contributed by atoms with Crippen LogP contribution in [0.4, 0.5) is 13.2 Å². The summed E-state index contributed by atoms with van der Waals surface area (Å²) in [6, 6.07) is 6.52. The Morgan fingerprint density at radius 1 is 1.27 bits per heavy atom. The standard InChI is InChI=1S/C15H14F3NO3/c1-19(9-10-5-4-8-22-10)13(14(20)21)11-6-2-3-7-12(11)15(16,17)18/h2-8,13H,9H2,1H3,(H,20,21). The third-order valence-corrected chi connectivity index (χ3v) is 3.22. The van der Waals surface area contributed by atoms with E-state index in [0.29, 0.717) is 5.76 Å². The number of rotatable bonds is 5. The number of hydrogen-bond acceptors (Lipinski definition) is 3. The third kappa shape index (κ3) is 3.48. The van der Waals surface area contributed by atoms with Gasteiger partial charge < -0.3 is 9.52 Å². The van der Waals surface area contributed by atoms with Gasteiger partial charge in [0.05, 0.1) is 18.4 Å². The molecule has 118 valence electrons. The van der Waals surface area contributed by atoms with Crippen LogP contribution in [0.3, 0.4) is 0 Å². The van der Waals surface area contributed by atoms with Crippen molar-refractivity contribution in [2.75, 3.05) is 7.05 Å². The fourth-order valence-electron chi connectivity index (χ4n) is 2.29. The smallest absolute Gasteiger partial charge is 0.416 e. The summed E-state index contributed by atoms with van der Waals surface area (Å²) in [6.45, 7) is 0.0795. The predicted molar refractivity (Wildman–Crippen MR) is 72.0 cm³/mol. The monoisotopic (exact) mass is 313 g/mol. The van der Waals surface area contributed by atoms with Crippen molar-refractivity contribution < 1.29 is 27.5 Å². The Bertz CT molecular complexity index is 638. The van der Waals surface area contributed by atoms with E-state index in [1.165, 1.54) is 36.4 Å². The maximum atomic E-state index is 13.1. The van der Waals surface area contributed by atoms with Crippen LogP contribution in [0.5, 0.6) is 0 Å². The minimum atomic E-state index is -4.62. The van der Waals surface area contributed by atoms with Crippen LogP contribution in [0.1, 0.15) is 22.9 Å². The van der Waals surface area contributed by atoms with Crippen LogP contribution >= 0.6 is 0 Å². The van der Waals surface area contributed by atoms with Gasteiger partial charge in [0, 0.05) is 0 Å². The second-order valence-electron chi connectivity index (χ2n) is 4.82. The van der Waals surface area contributed by atoms with Crippen molar-refractivity contribution in [1.29, 1.82) is 0 Å². The summed E-state index contributed by atoms with van der Waals surface area (Å²) in [6.07, 6.45) is -3.20. The summed E-state index contributed by atoms with van der Waals surface area (Å²) >= 11 is 0. The Morgan fingerprint density at radius 2 is 1.95 bits per heavy atom. The molecule has 2 aromatic rings. The predicted octanol–water partition coefficient (Wildman–Crippen LogP) is 3.56. The molecule has 0 saturated carbocycles. The second-order valence-corrected chi connectivity index (χ2v) is 4.82. The zero-order chi connectivity index (χ0) is 16.3. The summed E-state index contributed by atoms with van der Waals surface area (Å²) in [7, 11) is 1.44. The van der Waals surface area contributed by atoms with E-state index in [4.69, 9.17) is 4.42 Å². The lowest BCUT2D eigenvalue weighted by molar-refractivity contribution is -0.145. The molecule has 0 saturated heterocycles. The van der Waals surface area contributed by atoms with Crippen molar-refractivity contribution in [1.82, 2.24) is 4.90 Å². The Labute approximate surface area is 124 Å². The van der Waals surface area contributed by atoms with E-state index in [9.17, 15) is 23.1 Å². The van der Waals surface area contributed by atoms with Crippen LogP contribution in [0.2, 0.25) is 0 Å². The quantitative estimate of drug-likeness (QED) is 0.917. The molecule has 0 amide bonds. The van der Waals surface area contributed by atoms with E-state index in [1.807, 2.05) is 0 Å². The molecule has 0 aliphatic carbocycles. The lowest BCUT2D eigenvalue weighted by Gasteiger charge is -2.26. The first-order valence-electron chi connectivity index (χ1n) is 6.42. The number of carboxylic acid groups (broad SMARTS) is 1. The van der Waals surface area contributed by atoms with Gasteiger partial charge in [0.1, 0.15) is 11.8 Å². The summed E-state index contributed by atoms with van der Waals surface area (Å²) in [5.41, 5.74) is -1.25. The van der Waals surface area contributed by atoms with Gasteiger partial charge in [0.2, 0.25) is 0 Å². The van der Waals surface area contributed by atoms with Crippen LogP contribution in [0.15, 0.2) is 47.1 Å². The van der Waals surface area contributed by atoms with E-state index in [1.54, 1.807) is 12.1 Å². The van der Waals surface area contributed by atoms with Gasteiger partial charge in [0.25, 0.3) is 0 Å². The Hall–Kier alpha value is -2.28. The molecular formula is C15H14F3NO3. The molecule has 0 fully saturated rings. The molecule has 7 heteroatoms. The van der Waals surface area contributed by atoms with Crippen LogP contribution in [0.25, 0.3) is 0 Å². The van der Waals surface area contributed by atoms with Crippen molar-refractivity contribution in [3.63, 3.8) is 0 Å². The second kappa shape index (κ2) is 6.23. The molecule has 1 N–H and O–H groups in total. The molecule has 0 bridgehead atoms. The Balaban J connectivity index is 2.38. The summed E-state index contributed by atoms with van der Waals surface area (Å²) in [4.78, 5) is 12.8. The van der Waals surface area contributed by atoms with Gasteiger partial charge in [-0.3, -0.25) is 9.69 Å². The van der Waals surface area contributed by atoms with Gasteiger partial charge in [-0.05, 0) is 30.8 Å². The van der Waals surface area contributed by atoms with Crippen LogP contribution < -0.4 is 0 Å². The number of nitrogens with zero attached hydrogens (tertiary/aromatic N) is 1. The number of benzene rings is 1.